The van der Waals surface area contributed by atoms with Crippen LogP contribution in [-0.4, -0.2) is 13.0 Å². The molecule has 2 aromatic rings. The molecule has 0 saturated carbocycles. The summed E-state index contributed by atoms with van der Waals surface area (Å²) in [5, 5.41) is 0. The number of amides is 1. The van der Waals surface area contributed by atoms with E-state index in [1.807, 2.05) is 37.4 Å². The molecule has 0 N–H and O–H groups in total. The Labute approximate surface area is 133 Å². The second-order valence-electron chi connectivity index (χ2n) is 6.74. The van der Waals surface area contributed by atoms with E-state index in [4.69, 9.17) is 0 Å². The molecular weight excluding hydrogens is 270 g/mol. The number of benzene rings is 2. The molecule has 0 unspecified atom stereocenters. The summed E-state index contributed by atoms with van der Waals surface area (Å²) in [5.74, 6) is 0.146. The lowest BCUT2D eigenvalue weighted by molar-refractivity contribution is -0.118. The minimum atomic E-state index is 0.133. The Morgan fingerprint density at radius 2 is 1.55 bits per heavy atom. The highest BCUT2D eigenvalue weighted by atomic mass is 16.2. The summed E-state index contributed by atoms with van der Waals surface area (Å²) in [4.78, 5) is 14.1. The van der Waals surface area contributed by atoms with Crippen molar-refractivity contribution in [2.24, 2.45) is 0 Å². The maximum Gasteiger partial charge on any atom is 0.227 e. The van der Waals surface area contributed by atoms with Crippen molar-refractivity contribution in [3.63, 3.8) is 0 Å². The van der Waals surface area contributed by atoms with Crippen LogP contribution in [0.1, 0.15) is 38.3 Å². The molecule has 0 radical (unpaired) electrons. The number of hydrogen-bond acceptors (Lipinski definition) is 1. The van der Waals surface area contributed by atoms with Crippen LogP contribution < -0.4 is 4.90 Å². The van der Waals surface area contributed by atoms with Crippen molar-refractivity contribution in [2.45, 2.75) is 39.0 Å². The fourth-order valence-electron chi connectivity index (χ4n) is 2.39. The third kappa shape index (κ3) is 4.20. The lowest BCUT2D eigenvalue weighted by Crippen LogP contribution is -2.26. The van der Waals surface area contributed by atoms with Gasteiger partial charge >= 0.3 is 0 Å². The standard InChI is InChI=1S/C20H25NO/c1-20(2,3)17-11-13-18(14-12-17)21(4)19(22)15-10-16-8-6-5-7-9-16/h5-9,11-14H,10,15H2,1-4H3. The van der Waals surface area contributed by atoms with Crippen LogP contribution in [0.2, 0.25) is 0 Å². The van der Waals surface area contributed by atoms with Gasteiger partial charge in [-0.3, -0.25) is 4.79 Å². The van der Waals surface area contributed by atoms with E-state index in [-0.39, 0.29) is 11.3 Å². The molecule has 2 rings (SSSR count). The summed E-state index contributed by atoms with van der Waals surface area (Å²) in [6, 6.07) is 18.4. The lowest BCUT2D eigenvalue weighted by atomic mass is 9.87. The Hall–Kier alpha value is -2.09. The van der Waals surface area contributed by atoms with E-state index in [1.54, 1.807) is 4.90 Å². The van der Waals surface area contributed by atoms with E-state index in [2.05, 4.69) is 45.0 Å². The first-order chi connectivity index (χ1) is 10.4. The molecule has 0 aromatic heterocycles. The van der Waals surface area contributed by atoms with E-state index in [9.17, 15) is 4.79 Å². The average Bonchev–Trinajstić information content (AvgIpc) is 2.52. The normalized spacial score (nSPS) is 11.3. The van der Waals surface area contributed by atoms with Crippen molar-refractivity contribution in [3.8, 4) is 0 Å². The molecule has 0 aliphatic heterocycles. The molecule has 1 amide bonds. The predicted molar refractivity (Wildman–Crippen MR) is 93.3 cm³/mol. The van der Waals surface area contributed by atoms with Crippen molar-refractivity contribution in [1.82, 2.24) is 0 Å². The molecule has 22 heavy (non-hydrogen) atoms. The molecule has 0 spiro atoms. The van der Waals surface area contributed by atoms with Gasteiger partial charge in [0.1, 0.15) is 0 Å². The maximum absolute atomic E-state index is 12.3. The molecule has 0 aliphatic carbocycles. The van der Waals surface area contributed by atoms with Gasteiger partial charge < -0.3 is 4.90 Å². The maximum atomic E-state index is 12.3. The van der Waals surface area contributed by atoms with Gasteiger partial charge in [0.05, 0.1) is 0 Å². The van der Waals surface area contributed by atoms with Crippen molar-refractivity contribution < 1.29 is 4.79 Å². The van der Waals surface area contributed by atoms with Gasteiger partial charge in [0.25, 0.3) is 0 Å². The number of rotatable bonds is 4. The Bertz CT molecular complexity index is 608. The van der Waals surface area contributed by atoms with Gasteiger partial charge in [-0.1, -0.05) is 63.2 Å². The van der Waals surface area contributed by atoms with E-state index in [0.717, 1.165) is 12.1 Å². The lowest BCUT2D eigenvalue weighted by Gasteiger charge is -2.22. The smallest absolute Gasteiger partial charge is 0.227 e. The number of aryl methyl sites for hydroxylation is 1. The van der Waals surface area contributed by atoms with Gasteiger partial charge in [-0.2, -0.15) is 0 Å². The van der Waals surface area contributed by atoms with Crippen LogP contribution in [0, 0.1) is 0 Å². The van der Waals surface area contributed by atoms with Crippen LogP contribution in [0.25, 0.3) is 0 Å². The summed E-state index contributed by atoms with van der Waals surface area (Å²) in [5.41, 5.74) is 3.56. The molecule has 0 fully saturated rings. The topological polar surface area (TPSA) is 20.3 Å². The number of anilines is 1. The molecule has 0 heterocycles. The summed E-state index contributed by atoms with van der Waals surface area (Å²) < 4.78 is 0. The number of carbonyl (C=O) groups is 1. The van der Waals surface area contributed by atoms with Crippen molar-refractivity contribution in [1.29, 1.82) is 0 Å². The van der Waals surface area contributed by atoms with Crippen LogP contribution in [0.4, 0.5) is 5.69 Å². The number of nitrogens with zero attached hydrogens (tertiary/aromatic N) is 1. The van der Waals surface area contributed by atoms with Crippen molar-refractivity contribution in [2.75, 3.05) is 11.9 Å². The monoisotopic (exact) mass is 295 g/mol. The van der Waals surface area contributed by atoms with Gasteiger partial charge in [0.15, 0.2) is 0 Å². The molecule has 0 aliphatic rings. The molecule has 116 valence electrons. The van der Waals surface area contributed by atoms with Crippen molar-refractivity contribution in [3.05, 3.63) is 65.7 Å². The van der Waals surface area contributed by atoms with Crippen LogP contribution in [-0.2, 0) is 16.6 Å². The van der Waals surface area contributed by atoms with Gasteiger partial charge in [0.2, 0.25) is 5.91 Å². The second-order valence-corrected chi connectivity index (χ2v) is 6.74. The van der Waals surface area contributed by atoms with Gasteiger partial charge in [-0.25, -0.2) is 0 Å². The first kappa shape index (κ1) is 16.3. The largest absolute Gasteiger partial charge is 0.315 e. The fourth-order valence-corrected chi connectivity index (χ4v) is 2.39. The highest BCUT2D eigenvalue weighted by molar-refractivity contribution is 5.92. The first-order valence-electron chi connectivity index (χ1n) is 7.79. The molecule has 0 atom stereocenters. The fraction of sp³-hybridized carbons (Fsp3) is 0.350. The Balaban J connectivity index is 1.98. The van der Waals surface area contributed by atoms with Crippen LogP contribution in [0.3, 0.4) is 0 Å². The Kier molecular flexibility index (Phi) is 5.02. The summed E-state index contributed by atoms with van der Waals surface area (Å²) in [6.45, 7) is 6.57. The Morgan fingerprint density at radius 1 is 0.955 bits per heavy atom. The minimum absolute atomic E-state index is 0.133. The van der Waals surface area contributed by atoms with Crippen LogP contribution in [0.5, 0.6) is 0 Å². The number of hydrogen-bond donors (Lipinski definition) is 0. The van der Waals surface area contributed by atoms with Crippen LogP contribution >= 0.6 is 0 Å². The highest BCUT2D eigenvalue weighted by Gasteiger charge is 2.15. The quantitative estimate of drug-likeness (QED) is 0.808. The summed E-state index contributed by atoms with van der Waals surface area (Å²) >= 11 is 0. The third-order valence-corrected chi connectivity index (χ3v) is 3.97. The Morgan fingerprint density at radius 3 is 2.09 bits per heavy atom. The zero-order valence-corrected chi connectivity index (χ0v) is 14.0. The van der Waals surface area contributed by atoms with Crippen molar-refractivity contribution >= 4 is 11.6 Å². The highest BCUT2D eigenvalue weighted by Crippen LogP contribution is 2.24. The average molecular weight is 295 g/mol. The molecular formula is C20H25NO. The summed E-state index contributed by atoms with van der Waals surface area (Å²) in [6.07, 6.45) is 1.31. The van der Waals surface area contributed by atoms with E-state index in [1.165, 1.54) is 11.1 Å². The molecule has 0 saturated heterocycles. The third-order valence-electron chi connectivity index (χ3n) is 3.97. The van der Waals surface area contributed by atoms with E-state index < -0.39 is 0 Å². The van der Waals surface area contributed by atoms with Gasteiger partial charge in [-0.15, -0.1) is 0 Å². The molecule has 0 bridgehead atoms. The zero-order valence-electron chi connectivity index (χ0n) is 14.0. The molecule has 2 aromatic carbocycles. The first-order valence-corrected chi connectivity index (χ1v) is 7.79. The van der Waals surface area contributed by atoms with E-state index >= 15 is 0 Å². The molecule has 2 heteroatoms. The summed E-state index contributed by atoms with van der Waals surface area (Å²) in [7, 11) is 1.85. The molecule has 2 nitrogen and oxygen atoms in total. The van der Waals surface area contributed by atoms with Gasteiger partial charge in [0, 0.05) is 19.2 Å². The number of carbonyl (C=O) groups excluding carboxylic acids is 1. The van der Waals surface area contributed by atoms with Crippen LogP contribution in [0.15, 0.2) is 54.6 Å². The second kappa shape index (κ2) is 6.78. The van der Waals surface area contributed by atoms with E-state index in [0.29, 0.717) is 6.42 Å². The predicted octanol–water partition coefficient (Wildman–Crippen LogP) is 4.58. The SMILES string of the molecule is CN(C(=O)CCc1ccccc1)c1ccc(C(C)(C)C)cc1. The minimum Gasteiger partial charge on any atom is -0.315 e. The van der Waals surface area contributed by atoms with Gasteiger partial charge in [-0.05, 0) is 35.1 Å². The zero-order chi connectivity index (χ0) is 16.2.